The number of pyridine rings is 1. The molecule has 2 aromatic carbocycles. The SMILES string of the molecule is CCc1ccccc1NC(=NCc1cccnc1)NC(=O)c1ccc(C)cc1. The zero-order valence-electron chi connectivity index (χ0n) is 16.1. The van der Waals surface area contributed by atoms with Crippen LogP contribution in [0.5, 0.6) is 0 Å². The standard InChI is InChI=1S/C23H24N4O/c1-3-19-8-4-5-9-21(19)26-23(25-16-18-7-6-14-24-15-18)27-22(28)20-12-10-17(2)11-13-20/h4-15H,3,16H2,1-2H3,(H2,25,26,27,28). The molecule has 28 heavy (non-hydrogen) atoms. The van der Waals surface area contributed by atoms with Gasteiger partial charge in [0.25, 0.3) is 5.91 Å². The first-order valence-corrected chi connectivity index (χ1v) is 9.32. The van der Waals surface area contributed by atoms with Gasteiger partial charge in [0.05, 0.1) is 6.54 Å². The predicted octanol–water partition coefficient (Wildman–Crippen LogP) is 4.35. The zero-order chi connectivity index (χ0) is 19.8. The highest BCUT2D eigenvalue weighted by atomic mass is 16.1. The van der Waals surface area contributed by atoms with Crippen LogP contribution >= 0.6 is 0 Å². The van der Waals surface area contributed by atoms with Crippen molar-refractivity contribution in [1.82, 2.24) is 10.3 Å². The highest BCUT2D eigenvalue weighted by Gasteiger charge is 2.10. The van der Waals surface area contributed by atoms with E-state index in [9.17, 15) is 4.79 Å². The molecule has 1 heterocycles. The van der Waals surface area contributed by atoms with Crippen LogP contribution in [0.15, 0.2) is 78.0 Å². The number of aromatic nitrogens is 1. The topological polar surface area (TPSA) is 66.4 Å². The number of carbonyl (C=O) groups excluding carboxylic acids is 1. The van der Waals surface area contributed by atoms with Crippen LogP contribution in [0, 0.1) is 6.92 Å². The Balaban J connectivity index is 1.83. The van der Waals surface area contributed by atoms with Gasteiger partial charge in [0, 0.05) is 23.6 Å². The Morgan fingerprint density at radius 2 is 1.82 bits per heavy atom. The van der Waals surface area contributed by atoms with Crippen LogP contribution < -0.4 is 10.6 Å². The van der Waals surface area contributed by atoms with E-state index in [1.54, 1.807) is 12.4 Å². The summed E-state index contributed by atoms with van der Waals surface area (Å²) in [5.74, 6) is 0.210. The Hall–Kier alpha value is -3.47. The zero-order valence-corrected chi connectivity index (χ0v) is 16.1. The molecule has 5 heteroatoms. The van der Waals surface area contributed by atoms with Gasteiger partial charge in [-0.1, -0.05) is 48.9 Å². The lowest BCUT2D eigenvalue weighted by atomic mass is 10.1. The van der Waals surface area contributed by atoms with E-state index in [1.165, 1.54) is 0 Å². The number of nitrogens with zero attached hydrogens (tertiary/aromatic N) is 2. The van der Waals surface area contributed by atoms with Gasteiger partial charge >= 0.3 is 0 Å². The van der Waals surface area contributed by atoms with E-state index in [2.05, 4.69) is 33.6 Å². The maximum Gasteiger partial charge on any atom is 0.257 e. The lowest BCUT2D eigenvalue weighted by Crippen LogP contribution is -2.36. The average molecular weight is 372 g/mol. The Kier molecular flexibility index (Phi) is 6.52. The number of hydrogen-bond acceptors (Lipinski definition) is 3. The molecule has 0 fully saturated rings. The quantitative estimate of drug-likeness (QED) is 0.517. The fourth-order valence-corrected chi connectivity index (χ4v) is 2.74. The molecule has 2 N–H and O–H groups in total. The van der Waals surface area contributed by atoms with Crippen molar-refractivity contribution >= 4 is 17.6 Å². The van der Waals surface area contributed by atoms with Crippen molar-refractivity contribution in [3.8, 4) is 0 Å². The van der Waals surface area contributed by atoms with Gasteiger partial charge in [-0.3, -0.25) is 15.1 Å². The molecule has 0 aliphatic heterocycles. The molecule has 0 saturated carbocycles. The van der Waals surface area contributed by atoms with Gasteiger partial charge in [-0.25, -0.2) is 4.99 Å². The molecule has 3 aromatic rings. The van der Waals surface area contributed by atoms with E-state index in [-0.39, 0.29) is 5.91 Å². The Morgan fingerprint density at radius 3 is 2.54 bits per heavy atom. The lowest BCUT2D eigenvalue weighted by molar-refractivity contribution is 0.0977. The largest absolute Gasteiger partial charge is 0.326 e. The molecule has 1 aromatic heterocycles. The van der Waals surface area contributed by atoms with Gasteiger partial charge in [-0.05, 0) is 48.7 Å². The van der Waals surface area contributed by atoms with E-state index in [4.69, 9.17) is 0 Å². The number of hydrogen-bond donors (Lipinski definition) is 2. The first-order valence-electron chi connectivity index (χ1n) is 9.32. The maximum absolute atomic E-state index is 12.7. The van der Waals surface area contributed by atoms with Crippen molar-refractivity contribution in [2.45, 2.75) is 26.8 Å². The number of aliphatic imine (C=N–C) groups is 1. The maximum atomic E-state index is 12.7. The summed E-state index contributed by atoms with van der Waals surface area (Å²) in [5, 5.41) is 6.18. The smallest absolute Gasteiger partial charge is 0.257 e. The van der Waals surface area contributed by atoms with Crippen LogP contribution in [0.2, 0.25) is 0 Å². The van der Waals surface area contributed by atoms with E-state index < -0.39 is 0 Å². The summed E-state index contributed by atoms with van der Waals surface area (Å²) in [7, 11) is 0. The van der Waals surface area contributed by atoms with Crippen molar-refractivity contribution in [3.63, 3.8) is 0 Å². The second-order valence-electron chi connectivity index (χ2n) is 6.48. The second-order valence-corrected chi connectivity index (χ2v) is 6.48. The number of benzene rings is 2. The monoisotopic (exact) mass is 372 g/mol. The van der Waals surface area contributed by atoms with E-state index >= 15 is 0 Å². The second kappa shape index (κ2) is 9.46. The molecule has 0 aliphatic carbocycles. The lowest BCUT2D eigenvalue weighted by Gasteiger charge is -2.14. The number of aryl methyl sites for hydroxylation is 2. The van der Waals surface area contributed by atoms with Gasteiger partial charge in [0.2, 0.25) is 5.96 Å². The van der Waals surface area contributed by atoms with E-state index in [1.807, 2.05) is 61.5 Å². The van der Waals surface area contributed by atoms with Crippen LogP contribution in [-0.4, -0.2) is 16.9 Å². The fourth-order valence-electron chi connectivity index (χ4n) is 2.74. The van der Waals surface area contributed by atoms with Gasteiger partial charge in [0.15, 0.2) is 0 Å². The fraction of sp³-hybridized carbons (Fsp3) is 0.174. The van der Waals surface area contributed by atoms with Crippen molar-refractivity contribution in [2.75, 3.05) is 5.32 Å². The summed E-state index contributed by atoms with van der Waals surface area (Å²) in [4.78, 5) is 21.4. The minimum absolute atomic E-state index is 0.202. The van der Waals surface area contributed by atoms with Crippen molar-refractivity contribution < 1.29 is 4.79 Å². The van der Waals surface area contributed by atoms with Crippen LogP contribution in [-0.2, 0) is 13.0 Å². The van der Waals surface area contributed by atoms with Crippen molar-refractivity contribution in [1.29, 1.82) is 0 Å². The van der Waals surface area contributed by atoms with Crippen LogP contribution in [0.1, 0.15) is 34.0 Å². The number of amides is 1. The first kappa shape index (κ1) is 19.3. The van der Waals surface area contributed by atoms with Gasteiger partial charge in [-0.15, -0.1) is 0 Å². The Morgan fingerprint density at radius 1 is 1.04 bits per heavy atom. The third-order valence-electron chi connectivity index (χ3n) is 4.34. The molecule has 0 aliphatic rings. The number of anilines is 1. The molecular formula is C23H24N4O. The summed E-state index contributed by atoms with van der Waals surface area (Å²) in [6.45, 7) is 4.50. The molecule has 5 nitrogen and oxygen atoms in total. The van der Waals surface area contributed by atoms with Gasteiger partial charge in [0.1, 0.15) is 0 Å². The van der Waals surface area contributed by atoms with E-state index in [0.717, 1.165) is 28.8 Å². The molecule has 1 amide bonds. The van der Waals surface area contributed by atoms with Gasteiger partial charge < -0.3 is 5.32 Å². The summed E-state index contributed by atoms with van der Waals surface area (Å²) in [6, 6.07) is 19.3. The Labute approximate surface area is 165 Å². The highest BCUT2D eigenvalue weighted by Crippen LogP contribution is 2.15. The minimum atomic E-state index is -0.202. The third-order valence-corrected chi connectivity index (χ3v) is 4.34. The summed E-state index contributed by atoms with van der Waals surface area (Å²) in [6.07, 6.45) is 4.37. The first-order chi connectivity index (χ1) is 13.7. The normalized spacial score (nSPS) is 11.1. The molecular weight excluding hydrogens is 348 g/mol. The Bertz CT molecular complexity index is 950. The molecule has 3 rings (SSSR count). The van der Waals surface area contributed by atoms with Crippen molar-refractivity contribution in [3.05, 3.63) is 95.3 Å². The predicted molar refractivity (Wildman–Crippen MR) is 113 cm³/mol. The van der Waals surface area contributed by atoms with Gasteiger partial charge in [-0.2, -0.15) is 0 Å². The number of para-hydroxylation sites is 1. The number of guanidine groups is 1. The highest BCUT2D eigenvalue weighted by molar-refractivity contribution is 6.10. The molecule has 0 radical (unpaired) electrons. The third kappa shape index (κ3) is 5.27. The molecule has 0 spiro atoms. The molecule has 0 bridgehead atoms. The van der Waals surface area contributed by atoms with E-state index in [0.29, 0.717) is 18.1 Å². The van der Waals surface area contributed by atoms with Crippen molar-refractivity contribution in [2.24, 2.45) is 4.99 Å². The molecule has 0 saturated heterocycles. The average Bonchev–Trinajstić information content (AvgIpc) is 2.73. The number of nitrogens with one attached hydrogen (secondary N) is 2. The number of carbonyl (C=O) groups is 1. The van der Waals surface area contributed by atoms with Crippen LogP contribution in [0.3, 0.4) is 0 Å². The molecule has 142 valence electrons. The van der Waals surface area contributed by atoms with Crippen LogP contribution in [0.4, 0.5) is 5.69 Å². The number of rotatable bonds is 5. The molecule has 0 unspecified atom stereocenters. The summed E-state index contributed by atoms with van der Waals surface area (Å²) >= 11 is 0. The summed E-state index contributed by atoms with van der Waals surface area (Å²) < 4.78 is 0. The minimum Gasteiger partial charge on any atom is -0.326 e. The van der Waals surface area contributed by atoms with Crippen LogP contribution in [0.25, 0.3) is 0 Å². The molecule has 0 atom stereocenters. The summed E-state index contributed by atoms with van der Waals surface area (Å²) in [5.41, 5.74) is 4.75.